The predicted octanol–water partition coefficient (Wildman–Crippen LogP) is 2.28. The molecule has 0 N–H and O–H groups in total. The van der Waals surface area contributed by atoms with Crippen LogP contribution in [0.2, 0.25) is 0 Å². The lowest BCUT2D eigenvalue weighted by atomic mass is 9.79. The number of ketones is 1. The maximum atomic E-state index is 13.3. The Kier molecular flexibility index (Phi) is 3.67. The Balaban J connectivity index is 1.83. The minimum atomic E-state index is -1.02. The summed E-state index contributed by atoms with van der Waals surface area (Å²) in [5.74, 6) is 0.0865. The van der Waals surface area contributed by atoms with Crippen molar-refractivity contribution in [2.45, 2.75) is 25.6 Å². The monoisotopic (exact) mass is 390 g/mol. The van der Waals surface area contributed by atoms with Crippen molar-refractivity contribution in [3.63, 3.8) is 0 Å². The average Bonchev–Trinajstić information content (AvgIpc) is 2.95. The maximum Gasteiger partial charge on any atom is 0.270 e. The van der Waals surface area contributed by atoms with Crippen molar-refractivity contribution in [1.29, 1.82) is 0 Å². The summed E-state index contributed by atoms with van der Waals surface area (Å²) in [4.78, 5) is 31.2. The van der Waals surface area contributed by atoms with E-state index in [1.54, 1.807) is 11.5 Å². The minimum Gasteiger partial charge on any atom is -0.465 e. The highest BCUT2D eigenvalue weighted by atomic mass is 32.1. The number of Topliss-reactive ketones (excluding diaryl/α,β-unsaturated/α-hetero) is 1. The van der Waals surface area contributed by atoms with Gasteiger partial charge in [0.15, 0.2) is 4.80 Å². The molecule has 3 aromatic rings. The number of rotatable bonds is 2. The van der Waals surface area contributed by atoms with Crippen molar-refractivity contribution < 1.29 is 9.53 Å². The minimum absolute atomic E-state index is 0.0388. The second-order valence-electron chi connectivity index (χ2n) is 7.32. The van der Waals surface area contributed by atoms with E-state index < -0.39 is 17.7 Å². The molecule has 5 nitrogen and oxygen atoms in total. The van der Waals surface area contributed by atoms with Crippen LogP contribution in [0, 0.1) is 5.92 Å². The summed E-state index contributed by atoms with van der Waals surface area (Å²) >= 11 is 1.34. The molecule has 0 fully saturated rings. The van der Waals surface area contributed by atoms with E-state index in [1.165, 1.54) is 11.3 Å². The Morgan fingerprint density at radius 1 is 1.18 bits per heavy atom. The Morgan fingerprint density at radius 2 is 1.89 bits per heavy atom. The zero-order valence-corrected chi connectivity index (χ0v) is 16.3. The number of benzene rings is 2. The molecule has 0 spiro atoms. The number of carbonyl (C=O) groups excluding carboxylic acids is 1. The first-order valence-electron chi connectivity index (χ1n) is 9.14. The van der Waals surface area contributed by atoms with E-state index in [-0.39, 0.29) is 11.3 Å². The van der Waals surface area contributed by atoms with Crippen LogP contribution in [0.25, 0.3) is 6.08 Å². The molecular formula is C22H18N2O3S. The standard InChI is InChI=1S/C22H18N2O3S/c1-13(25)18-19-15-10-6-7-11-16(15)27-22(18,2)23-21-24(19)20(26)17(28-21)12-14-8-4-3-5-9-14/h3-12,18-19H,1-2H3/b17-12-. The molecule has 28 heavy (non-hydrogen) atoms. The number of hydrogen-bond acceptors (Lipinski definition) is 5. The van der Waals surface area contributed by atoms with Gasteiger partial charge in [-0.15, -0.1) is 0 Å². The molecule has 0 saturated heterocycles. The van der Waals surface area contributed by atoms with Gasteiger partial charge in [0.1, 0.15) is 17.5 Å². The van der Waals surface area contributed by atoms with Crippen molar-refractivity contribution in [3.05, 3.63) is 85.4 Å². The largest absolute Gasteiger partial charge is 0.465 e. The fraction of sp³-hybridized carbons (Fsp3) is 0.227. The number of thiazole rings is 1. The number of nitrogens with zero attached hydrogens (tertiary/aromatic N) is 2. The lowest BCUT2D eigenvalue weighted by Crippen LogP contribution is -2.58. The Morgan fingerprint density at radius 3 is 2.64 bits per heavy atom. The highest BCUT2D eigenvalue weighted by Gasteiger charge is 2.53. The lowest BCUT2D eigenvalue weighted by molar-refractivity contribution is -0.132. The molecule has 2 bridgehead atoms. The summed E-state index contributed by atoms with van der Waals surface area (Å²) in [6.07, 6.45) is 1.87. The molecule has 0 aliphatic carbocycles. The Bertz CT molecular complexity index is 1280. The van der Waals surface area contributed by atoms with Gasteiger partial charge in [0.25, 0.3) is 5.56 Å². The summed E-state index contributed by atoms with van der Waals surface area (Å²) in [5.41, 5.74) is 0.657. The fourth-order valence-electron chi connectivity index (χ4n) is 4.26. The van der Waals surface area contributed by atoms with E-state index in [0.29, 0.717) is 15.1 Å². The van der Waals surface area contributed by atoms with E-state index in [4.69, 9.17) is 9.73 Å². The number of ether oxygens (including phenoxy) is 1. The highest BCUT2D eigenvalue weighted by Crippen LogP contribution is 2.47. The van der Waals surface area contributed by atoms with Gasteiger partial charge in [0.05, 0.1) is 10.6 Å². The quantitative estimate of drug-likeness (QED) is 0.675. The Hall–Kier alpha value is -2.99. The molecule has 3 atom stereocenters. The summed E-state index contributed by atoms with van der Waals surface area (Å²) < 4.78 is 8.46. The number of carbonyl (C=O) groups is 1. The van der Waals surface area contributed by atoms with Crippen molar-refractivity contribution in [1.82, 2.24) is 4.57 Å². The van der Waals surface area contributed by atoms with Gasteiger partial charge in [-0.1, -0.05) is 59.9 Å². The molecule has 3 unspecified atom stereocenters. The van der Waals surface area contributed by atoms with E-state index in [9.17, 15) is 9.59 Å². The van der Waals surface area contributed by atoms with Crippen LogP contribution in [0.1, 0.15) is 31.0 Å². The van der Waals surface area contributed by atoms with Crippen LogP contribution < -0.4 is 19.6 Å². The van der Waals surface area contributed by atoms with Gasteiger partial charge in [-0.2, -0.15) is 0 Å². The lowest BCUT2D eigenvalue weighted by Gasteiger charge is -2.45. The van der Waals surface area contributed by atoms with Crippen LogP contribution in [0.15, 0.2) is 64.4 Å². The summed E-state index contributed by atoms with van der Waals surface area (Å²) in [6, 6.07) is 16.9. The third-order valence-corrected chi connectivity index (χ3v) is 6.40. The third kappa shape index (κ3) is 2.41. The summed E-state index contributed by atoms with van der Waals surface area (Å²) in [6.45, 7) is 3.37. The zero-order valence-electron chi connectivity index (χ0n) is 15.5. The zero-order chi connectivity index (χ0) is 19.5. The number of aromatic nitrogens is 1. The molecule has 140 valence electrons. The SMILES string of the molecule is CC(=O)C1C2c3ccccc3OC1(C)N=c1s/c(=C\c3ccccc3)c(=O)n12. The second-order valence-corrected chi connectivity index (χ2v) is 8.33. The third-order valence-electron chi connectivity index (χ3n) is 5.42. The molecule has 2 aliphatic heterocycles. The van der Waals surface area contributed by atoms with Crippen molar-refractivity contribution in [2.75, 3.05) is 0 Å². The van der Waals surface area contributed by atoms with Gasteiger partial charge in [0, 0.05) is 5.56 Å². The van der Waals surface area contributed by atoms with E-state index >= 15 is 0 Å². The first-order valence-corrected chi connectivity index (χ1v) is 9.96. The van der Waals surface area contributed by atoms with Gasteiger partial charge >= 0.3 is 0 Å². The fourth-order valence-corrected chi connectivity index (χ4v) is 5.36. The molecule has 0 amide bonds. The maximum absolute atomic E-state index is 13.3. The smallest absolute Gasteiger partial charge is 0.270 e. The summed E-state index contributed by atoms with van der Waals surface area (Å²) in [5, 5.41) is 0. The Labute approximate surface area is 165 Å². The van der Waals surface area contributed by atoms with Gasteiger partial charge in [-0.05, 0) is 31.6 Å². The molecule has 6 heteroatoms. The molecular weight excluding hydrogens is 372 g/mol. The average molecular weight is 390 g/mol. The van der Waals surface area contributed by atoms with E-state index in [2.05, 4.69) is 0 Å². The van der Waals surface area contributed by atoms with Gasteiger partial charge < -0.3 is 4.74 Å². The normalized spacial score (nSPS) is 25.3. The molecule has 0 radical (unpaired) electrons. The first kappa shape index (κ1) is 17.1. The predicted molar refractivity (Wildman–Crippen MR) is 107 cm³/mol. The molecule has 5 rings (SSSR count). The number of fused-ring (bicyclic) bond motifs is 6. The van der Waals surface area contributed by atoms with E-state index in [1.807, 2.05) is 67.6 Å². The molecule has 0 saturated carbocycles. The van der Waals surface area contributed by atoms with Gasteiger partial charge in [-0.3, -0.25) is 14.2 Å². The van der Waals surface area contributed by atoms with Crippen LogP contribution in [0.5, 0.6) is 5.75 Å². The van der Waals surface area contributed by atoms with Crippen molar-refractivity contribution in [2.24, 2.45) is 10.9 Å². The van der Waals surface area contributed by atoms with Crippen molar-refractivity contribution >= 4 is 23.2 Å². The second kappa shape index (κ2) is 6.01. The van der Waals surface area contributed by atoms with Crippen LogP contribution in [0.4, 0.5) is 0 Å². The topological polar surface area (TPSA) is 60.7 Å². The molecule has 2 aromatic carbocycles. The molecule has 1 aromatic heterocycles. The summed E-state index contributed by atoms with van der Waals surface area (Å²) in [7, 11) is 0. The molecule has 2 aliphatic rings. The molecule has 3 heterocycles. The van der Waals surface area contributed by atoms with Gasteiger partial charge in [0.2, 0.25) is 5.72 Å². The van der Waals surface area contributed by atoms with Crippen molar-refractivity contribution in [3.8, 4) is 5.75 Å². The van der Waals surface area contributed by atoms with Gasteiger partial charge in [-0.25, -0.2) is 4.99 Å². The van der Waals surface area contributed by atoms with Crippen LogP contribution >= 0.6 is 11.3 Å². The first-order chi connectivity index (χ1) is 13.5. The van der Waals surface area contributed by atoms with Crippen LogP contribution in [-0.2, 0) is 4.79 Å². The highest BCUT2D eigenvalue weighted by molar-refractivity contribution is 7.07. The van der Waals surface area contributed by atoms with E-state index in [0.717, 1.165) is 11.1 Å². The van der Waals surface area contributed by atoms with Crippen LogP contribution in [-0.4, -0.2) is 16.1 Å². The van der Waals surface area contributed by atoms with Crippen LogP contribution in [0.3, 0.4) is 0 Å². The number of hydrogen-bond donors (Lipinski definition) is 0. The number of para-hydroxylation sites is 1.